The number of aliphatic hydroxyl groups is 1. The van der Waals surface area contributed by atoms with Crippen LogP contribution in [0.1, 0.15) is 18.9 Å². The third kappa shape index (κ3) is 6.36. The van der Waals surface area contributed by atoms with Crippen LogP contribution in [0, 0.1) is 0 Å². The first-order chi connectivity index (χ1) is 14.0. The average molecular weight is 456 g/mol. The molecule has 1 radical (unpaired) electrons. The summed E-state index contributed by atoms with van der Waals surface area (Å²) in [5, 5.41) is 12.5. The summed E-state index contributed by atoms with van der Waals surface area (Å²) in [5.74, 6) is 0.998. The van der Waals surface area contributed by atoms with Crippen molar-refractivity contribution in [2.45, 2.75) is 19.8 Å². The number of nitrogens with one attached hydrogen (secondary N) is 2. The van der Waals surface area contributed by atoms with E-state index in [2.05, 4.69) is 20.0 Å². The summed E-state index contributed by atoms with van der Waals surface area (Å²) in [5.41, 5.74) is 2.69. The Hall–Kier alpha value is -1.27. The van der Waals surface area contributed by atoms with Crippen molar-refractivity contribution in [1.82, 2.24) is 9.97 Å². The summed E-state index contributed by atoms with van der Waals surface area (Å²) in [6.45, 7) is 1.77. The standard InChI is InChI=1S/C20H24N4O4S.K/c1-3-12-29(26,27)24-20-19(21-16-6-4-5-7-17(16)22-20)23-18-13-15(28-2)9-8-14(18)10-11-25;/h4-9,13,25H,3,10-12H2,1-2H3,(H,21,23)(H,22,24);. The van der Waals surface area contributed by atoms with Gasteiger partial charge in [-0.25, -0.2) is 18.4 Å². The van der Waals surface area contributed by atoms with Gasteiger partial charge in [-0.05, 0) is 36.6 Å². The van der Waals surface area contributed by atoms with E-state index < -0.39 is 10.0 Å². The second-order valence-corrected chi connectivity index (χ2v) is 8.29. The fourth-order valence-electron chi connectivity index (χ4n) is 2.89. The minimum atomic E-state index is -3.56. The minimum Gasteiger partial charge on any atom is -0.497 e. The predicted octanol–water partition coefficient (Wildman–Crippen LogP) is 2.69. The normalized spacial score (nSPS) is 11.0. The molecule has 3 aromatic rings. The van der Waals surface area contributed by atoms with E-state index in [1.54, 1.807) is 38.3 Å². The molecule has 0 amide bonds. The minimum absolute atomic E-state index is 0. The van der Waals surface area contributed by atoms with E-state index >= 15 is 0 Å². The Labute approximate surface area is 218 Å². The molecule has 155 valence electrons. The van der Waals surface area contributed by atoms with Crippen molar-refractivity contribution in [2.24, 2.45) is 0 Å². The van der Waals surface area contributed by atoms with Crippen LogP contribution in [0.3, 0.4) is 0 Å². The number of hydrogen-bond acceptors (Lipinski definition) is 7. The number of fused-ring (bicyclic) bond motifs is 1. The topological polar surface area (TPSA) is 113 Å². The average Bonchev–Trinajstić information content (AvgIpc) is 2.69. The molecule has 0 atom stereocenters. The maximum Gasteiger partial charge on any atom is 0.233 e. The Balaban J connectivity index is 0.00000320. The summed E-state index contributed by atoms with van der Waals surface area (Å²) in [6.07, 6.45) is 0.903. The number of anilines is 3. The van der Waals surface area contributed by atoms with Crippen molar-refractivity contribution < 1.29 is 18.3 Å². The van der Waals surface area contributed by atoms with Gasteiger partial charge in [0.15, 0.2) is 11.6 Å². The zero-order valence-corrected chi connectivity index (χ0v) is 21.3. The van der Waals surface area contributed by atoms with Crippen LogP contribution < -0.4 is 14.8 Å². The Kier molecular flexibility index (Phi) is 9.48. The van der Waals surface area contributed by atoms with Crippen LogP contribution in [0.15, 0.2) is 42.5 Å². The van der Waals surface area contributed by atoms with Crippen LogP contribution in [-0.2, 0) is 16.4 Å². The zero-order chi connectivity index (χ0) is 20.9. The monoisotopic (exact) mass is 455 g/mol. The van der Waals surface area contributed by atoms with Gasteiger partial charge in [0.25, 0.3) is 0 Å². The van der Waals surface area contributed by atoms with Crippen molar-refractivity contribution in [3.05, 3.63) is 48.0 Å². The Morgan fingerprint density at radius 3 is 2.33 bits per heavy atom. The first-order valence-electron chi connectivity index (χ1n) is 9.28. The van der Waals surface area contributed by atoms with E-state index in [1.807, 2.05) is 18.2 Å². The number of benzene rings is 2. The number of hydrogen-bond donors (Lipinski definition) is 3. The van der Waals surface area contributed by atoms with Gasteiger partial charge in [0, 0.05) is 69.7 Å². The van der Waals surface area contributed by atoms with Gasteiger partial charge in [0.05, 0.1) is 23.9 Å². The SMILES string of the molecule is CCCS(=O)(=O)Nc1nc2ccccc2nc1Nc1cc(OC)ccc1CCO.[K]. The molecule has 30 heavy (non-hydrogen) atoms. The van der Waals surface area contributed by atoms with E-state index in [-0.39, 0.29) is 75.4 Å². The molecular weight excluding hydrogens is 431 g/mol. The van der Waals surface area contributed by atoms with Gasteiger partial charge in [-0.15, -0.1) is 0 Å². The quantitative estimate of drug-likeness (QED) is 0.425. The van der Waals surface area contributed by atoms with E-state index in [0.717, 1.165) is 5.56 Å². The molecule has 0 aliphatic heterocycles. The van der Waals surface area contributed by atoms with Crippen molar-refractivity contribution in [3.8, 4) is 5.75 Å². The molecule has 0 aliphatic rings. The molecule has 3 N–H and O–H groups in total. The molecule has 10 heteroatoms. The molecule has 3 rings (SSSR count). The van der Waals surface area contributed by atoms with Gasteiger partial charge in [-0.1, -0.05) is 25.1 Å². The molecule has 0 saturated heterocycles. The number of aliphatic hydroxyl groups excluding tert-OH is 1. The second kappa shape index (κ2) is 11.4. The van der Waals surface area contributed by atoms with Gasteiger partial charge in [-0.2, -0.15) is 0 Å². The summed E-state index contributed by atoms with van der Waals surface area (Å²) >= 11 is 0. The van der Waals surface area contributed by atoms with E-state index in [1.165, 1.54) is 0 Å². The van der Waals surface area contributed by atoms with Gasteiger partial charge in [0.1, 0.15) is 5.75 Å². The first-order valence-corrected chi connectivity index (χ1v) is 10.9. The maximum absolute atomic E-state index is 12.4. The van der Waals surface area contributed by atoms with Gasteiger partial charge in [-0.3, -0.25) is 4.72 Å². The number of rotatable bonds is 9. The Morgan fingerprint density at radius 1 is 1.07 bits per heavy atom. The third-order valence-electron chi connectivity index (χ3n) is 4.25. The predicted molar refractivity (Wildman–Crippen MR) is 120 cm³/mol. The summed E-state index contributed by atoms with van der Waals surface area (Å²) in [4.78, 5) is 9.03. The summed E-state index contributed by atoms with van der Waals surface area (Å²) in [6, 6.07) is 12.6. The van der Waals surface area contributed by atoms with Crippen molar-refractivity contribution in [1.29, 1.82) is 0 Å². The molecule has 8 nitrogen and oxygen atoms in total. The maximum atomic E-state index is 12.4. The molecule has 0 bridgehead atoms. The zero-order valence-electron chi connectivity index (χ0n) is 17.3. The van der Waals surface area contributed by atoms with Gasteiger partial charge in [0.2, 0.25) is 10.0 Å². The number of ether oxygens (including phenoxy) is 1. The van der Waals surface area contributed by atoms with Crippen molar-refractivity contribution in [2.75, 3.05) is 29.5 Å². The number of para-hydroxylation sites is 2. The smallest absolute Gasteiger partial charge is 0.233 e. The van der Waals surface area contributed by atoms with Crippen molar-refractivity contribution in [3.63, 3.8) is 0 Å². The largest absolute Gasteiger partial charge is 0.497 e. The molecular formula is C20H24KN4O4S. The molecule has 0 spiro atoms. The first kappa shape index (κ1) is 25.0. The Morgan fingerprint density at radius 2 is 1.73 bits per heavy atom. The van der Waals surface area contributed by atoms with Crippen LogP contribution in [0.25, 0.3) is 11.0 Å². The van der Waals surface area contributed by atoms with Crippen LogP contribution in [0.4, 0.5) is 17.3 Å². The summed E-state index contributed by atoms with van der Waals surface area (Å²) < 4.78 is 32.5. The van der Waals surface area contributed by atoms with Gasteiger partial charge < -0.3 is 15.2 Å². The molecule has 0 unspecified atom stereocenters. The molecule has 1 heterocycles. The fraction of sp³-hybridized carbons (Fsp3) is 0.300. The van der Waals surface area contributed by atoms with E-state index in [9.17, 15) is 13.5 Å². The van der Waals surface area contributed by atoms with Crippen LogP contribution in [0.2, 0.25) is 0 Å². The van der Waals surface area contributed by atoms with Crippen LogP contribution in [0.5, 0.6) is 5.75 Å². The van der Waals surface area contributed by atoms with Crippen LogP contribution >= 0.6 is 0 Å². The number of sulfonamides is 1. The fourth-order valence-corrected chi connectivity index (χ4v) is 3.97. The Bertz CT molecular complexity index is 1110. The molecule has 0 fully saturated rings. The molecule has 1 aromatic heterocycles. The number of methoxy groups -OCH3 is 1. The molecule has 0 saturated carbocycles. The van der Waals surface area contributed by atoms with Gasteiger partial charge >= 0.3 is 0 Å². The third-order valence-corrected chi connectivity index (χ3v) is 5.70. The van der Waals surface area contributed by atoms with Crippen LogP contribution in [-0.4, -0.2) is 94.3 Å². The molecule has 0 aliphatic carbocycles. The summed E-state index contributed by atoms with van der Waals surface area (Å²) in [7, 11) is -2.00. The number of nitrogens with zero attached hydrogens (tertiary/aromatic N) is 2. The van der Waals surface area contributed by atoms with E-state index in [0.29, 0.717) is 35.3 Å². The van der Waals surface area contributed by atoms with E-state index in [4.69, 9.17) is 4.74 Å². The second-order valence-electron chi connectivity index (χ2n) is 6.45. The molecule has 2 aromatic carbocycles. The van der Waals surface area contributed by atoms with Crippen molar-refractivity contribution >= 4 is 89.8 Å². The number of aromatic nitrogens is 2.